The second-order valence-corrected chi connectivity index (χ2v) is 15.4. The van der Waals surface area contributed by atoms with Gasteiger partial charge in [0.2, 0.25) is 11.8 Å². The number of ether oxygens (including phenoxy) is 2. The van der Waals surface area contributed by atoms with Crippen LogP contribution >= 0.6 is 0 Å². The Morgan fingerprint density at radius 1 is 1.09 bits per heavy atom. The average Bonchev–Trinajstić information content (AvgIpc) is 2.92. The van der Waals surface area contributed by atoms with Gasteiger partial charge in [-0.25, -0.2) is 22.9 Å². The number of aryl methyl sites for hydroxylation is 2. The highest BCUT2D eigenvalue weighted by Crippen LogP contribution is 2.35. The van der Waals surface area contributed by atoms with Crippen LogP contribution in [0.4, 0.5) is 10.7 Å². The van der Waals surface area contributed by atoms with Crippen molar-refractivity contribution in [3.63, 3.8) is 0 Å². The van der Waals surface area contributed by atoms with Gasteiger partial charge in [-0.1, -0.05) is 45.0 Å². The van der Waals surface area contributed by atoms with Crippen LogP contribution in [0, 0.1) is 19.3 Å². The van der Waals surface area contributed by atoms with Crippen LogP contribution in [0.5, 0.6) is 5.88 Å². The van der Waals surface area contributed by atoms with E-state index >= 15 is 0 Å². The number of benzene rings is 2. The van der Waals surface area contributed by atoms with Crippen molar-refractivity contribution in [3.8, 4) is 17.1 Å². The second kappa shape index (κ2) is 12.9. The van der Waals surface area contributed by atoms with Crippen LogP contribution in [0.1, 0.15) is 75.4 Å². The average molecular weight is 650 g/mol. The molecule has 1 saturated carbocycles. The van der Waals surface area contributed by atoms with Gasteiger partial charge in [0.25, 0.3) is 15.9 Å². The lowest BCUT2D eigenvalue weighted by Gasteiger charge is -2.47. The van der Waals surface area contributed by atoms with E-state index in [1.54, 1.807) is 32.0 Å². The molecule has 2 N–H and O–H groups in total. The van der Waals surface area contributed by atoms with Crippen molar-refractivity contribution >= 4 is 28.0 Å². The number of sulfonamides is 1. The second-order valence-electron chi connectivity index (χ2n) is 13.7. The van der Waals surface area contributed by atoms with E-state index in [4.69, 9.17) is 9.47 Å². The van der Waals surface area contributed by atoms with E-state index < -0.39 is 22.2 Å². The standard InChI is InChI=1S/C34H43N5O6S/c1-20(2)45-33(41)35-24-15-25(16-24)39-26(18-34(5,6)7)19-44-29-17-28(30-21(3)10-8-11-22(30)4)36-32(37-29)38-46(42,43)27-13-9-12-23(14-27)31(39)40/h8-14,17,20,24-26H,15-16,18-19H2,1-7H3,(H,35,41)(H,36,37,38)/t24?,25?,26-/m1/s1. The number of nitrogens with zero attached hydrogens (tertiary/aromatic N) is 3. The number of fused-ring (bicyclic) bond motifs is 4. The third-order valence-corrected chi connectivity index (χ3v) is 9.45. The summed E-state index contributed by atoms with van der Waals surface area (Å²) in [6, 6.07) is 12.8. The lowest BCUT2D eigenvalue weighted by Crippen LogP contribution is -2.60. The summed E-state index contributed by atoms with van der Waals surface area (Å²) >= 11 is 0. The molecule has 1 aromatic heterocycles. The summed E-state index contributed by atoms with van der Waals surface area (Å²) in [5.41, 5.74) is 3.36. The Balaban J connectivity index is 1.58. The minimum absolute atomic E-state index is 0.0851. The predicted molar refractivity (Wildman–Crippen MR) is 175 cm³/mol. The minimum Gasteiger partial charge on any atom is -0.475 e. The van der Waals surface area contributed by atoms with E-state index in [0.717, 1.165) is 16.7 Å². The summed E-state index contributed by atoms with van der Waals surface area (Å²) in [5, 5.41) is 2.89. The van der Waals surface area contributed by atoms with Gasteiger partial charge < -0.3 is 19.7 Å². The molecule has 4 bridgehead atoms. The Morgan fingerprint density at radius 3 is 2.41 bits per heavy atom. The summed E-state index contributed by atoms with van der Waals surface area (Å²) in [4.78, 5) is 37.4. The first-order valence-corrected chi connectivity index (χ1v) is 17.1. The fraction of sp³-hybridized carbons (Fsp3) is 0.471. The van der Waals surface area contributed by atoms with Crippen LogP contribution in [0.25, 0.3) is 11.3 Å². The summed E-state index contributed by atoms with van der Waals surface area (Å²) in [5.74, 6) is -0.250. The highest BCUT2D eigenvalue weighted by atomic mass is 32.2. The first-order valence-electron chi connectivity index (χ1n) is 15.6. The van der Waals surface area contributed by atoms with Crippen molar-refractivity contribution in [3.05, 3.63) is 65.2 Å². The van der Waals surface area contributed by atoms with Crippen LogP contribution in [-0.2, 0) is 14.8 Å². The third kappa shape index (κ3) is 7.60. The molecule has 12 heteroatoms. The van der Waals surface area contributed by atoms with Crippen LogP contribution in [0.15, 0.2) is 53.4 Å². The zero-order chi connectivity index (χ0) is 33.4. The van der Waals surface area contributed by atoms with Crippen molar-refractivity contribution in [2.24, 2.45) is 5.41 Å². The molecule has 2 amide bonds. The summed E-state index contributed by atoms with van der Waals surface area (Å²) < 4.78 is 41.3. The van der Waals surface area contributed by atoms with Crippen LogP contribution in [0.3, 0.4) is 0 Å². The van der Waals surface area contributed by atoms with E-state index in [9.17, 15) is 18.0 Å². The van der Waals surface area contributed by atoms with Crippen molar-refractivity contribution in [1.29, 1.82) is 0 Å². The number of anilines is 1. The maximum absolute atomic E-state index is 14.3. The maximum Gasteiger partial charge on any atom is 0.407 e. The molecule has 46 heavy (non-hydrogen) atoms. The van der Waals surface area contributed by atoms with E-state index in [1.165, 1.54) is 12.1 Å². The highest BCUT2D eigenvalue weighted by Gasteiger charge is 2.42. The molecule has 0 unspecified atom stereocenters. The van der Waals surface area contributed by atoms with Gasteiger partial charge in [-0.3, -0.25) is 4.79 Å². The molecule has 1 aliphatic carbocycles. The SMILES string of the molecule is Cc1cccc(C)c1-c1cc2nc(n1)NS(=O)(=O)c1cccc(c1)C(=O)N(C1CC(NC(=O)OC(C)C)C1)[C@H](CC(C)(C)C)CO2. The van der Waals surface area contributed by atoms with E-state index in [1.807, 2.05) is 36.9 Å². The van der Waals surface area contributed by atoms with Gasteiger partial charge in [0.05, 0.1) is 22.7 Å². The number of amides is 2. The number of nitrogens with one attached hydrogen (secondary N) is 2. The number of rotatable bonds is 5. The Morgan fingerprint density at radius 2 is 1.76 bits per heavy atom. The fourth-order valence-corrected chi connectivity index (χ4v) is 7.11. The van der Waals surface area contributed by atoms with E-state index in [2.05, 4.69) is 40.8 Å². The Kier molecular flexibility index (Phi) is 9.30. The molecule has 2 heterocycles. The zero-order valence-electron chi connectivity index (χ0n) is 27.5. The number of carbonyl (C=O) groups excluding carboxylic acids is 2. The molecule has 0 saturated heterocycles. The lowest BCUT2D eigenvalue weighted by molar-refractivity contribution is 0.0157. The molecule has 246 valence electrons. The molecular formula is C34H43N5O6S. The number of aromatic nitrogens is 2. The molecule has 0 spiro atoms. The molecule has 1 aliphatic heterocycles. The van der Waals surface area contributed by atoms with Crippen LogP contribution in [0.2, 0.25) is 0 Å². The van der Waals surface area contributed by atoms with E-state index in [-0.39, 0.29) is 58.4 Å². The van der Waals surface area contributed by atoms with Crippen molar-refractivity contribution in [1.82, 2.24) is 20.2 Å². The smallest absolute Gasteiger partial charge is 0.407 e. The summed E-state index contributed by atoms with van der Waals surface area (Å²) in [6.07, 6.45) is 0.899. The van der Waals surface area contributed by atoms with Crippen molar-refractivity contribution in [2.45, 2.75) is 96.9 Å². The van der Waals surface area contributed by atoms with Crippen molar-refractivity contribution < 1.29 is 27.5 Å². The fourth-order valence-electron chi connectivity index (χ4n) is 6.12. The van der Waals surface area contributed by atoms with Gasteiger partial charge in [0.15, 0.2) is 0 Å². The summed E-state index contributed by atoms with van der Waals surface area (Å²) in [6.45, 7) is 13.9. The first kappa shape index (κ1) is 33.2. The molecule has 1 fully saturated rings. The Labute approximate surface area is 271 Å². The number of hydrogen-bond acceptors (Lipinski definition) is 8. The molecule has 5 rings (SSSR count). The first-order chi connectivity index (χ1) is 21.6. The maximum atomic E-state index is 14.3. The largest absolute Gasteiger partial charge is 0.475 e. The third-order valence-electron chi connectivity index (χ3n) is 8.13. The van der Waals surface area contributed by atoms with Gasteiger partial charge in [-0.15, -0.1) is 0 Å². The summed E-state index contributed by atoms with van der Waals surface area (Å²) in [7, 11) is -4.17. The molecule has 2 aromatic carbocycles. The quantitative estimate of drug-likeness (QED) is 0.350. The van der Waals surface area contributed by atoms with Crippen LogP contribution < -0.4 is 14.8 Å². The zero-order valence-corrected chi connectivity index (χ0v) is 28.3. The molecule has 11 nitrogen and oxygen atoms in total. The highest BCUT2D eigenvalue weighted by molar-refractivity contribution is 7.92. The van der Waals surface area contributed by atoms with Gasteiger partial charge in [0, 0.05) is 29.3 Å². The lowest BCUT2D eigenvalue weighted by atomic mass is 9.81. The molecule has 0 radical (unpaired) electrons. The van der Waals surface area contributed by atoms with E-state index in [0.29, 0.717) is 25.0 Å². The van der Waals surface area contributed by atoms with Crippen molar-refractivity contribution in [2.75, 3.05) is 11.3 Å². The molecule has 1 atom stereocenters. The molecule has 3 aromatic rings. The normalized spacial score (nSPS) is 21.1. The van der Waals surface area contributed by atoms with Gasteiger partial charge in [-0.2, -0.15) is 4.98 Å². The Hall–Kier alpha value is -4.19. The monoisotopic (exact) mass is 649 g/mol. The number of alkyl carbamates (subject to hydrolysis) is 1. The minimum atomic E-state index is -4.17. The predicted octanol–water partition coefficient (Wildman–Crippen LogP) is 5.87. The van der Waals surface area contributed by atoms with Gasteiger partial charge in [-0.05, 0) is 81.7 Å². The molecule has 2 aliphatic rings. The van der Waals surface area contributed by atoms with Gasteiger partial charge >= 0.3 is 6.09 Å². The topological polar surface area (TPSA) is 140 Å². The Bertz CT molecular complexity index is 1710. The van der Waals surface area contributed by atoms with Gasteiger partial charge in [0.1, 0.15) is 6.61 Å². The number of hydrogen-bond donors (Lipinski definition) is 2. The molecular weight excluding hydrogens is 606 g/mol. The number of carbonyl (C=O) groups is 2. The van der Waals surface area contributed by atoms with Crippen LogP contribution in [-0.4, -0.2) is 66.1 Å².